The fourth-order valence-electron chi connectivity index (χ4n) is 1.15. The van der Waals surface area contributed by atoms with E-state index in [0.29, 0.717) is 0 Å². The van der Waals surface area contributed by atoms with Crippen molar-refractivity contribution in [1.29, 1.82) is 0 Å². The van der Waals surface area contributed by atoms with E-state index in [9.17, 15) is 14.4 Å². The molecule has 0 saturated carbocycles. The van der Waals surface area contributed by atoms with Crippen LogP contribution < -0.4 is 10.6 Å². The lowest BCUT2D eigenvalue weighted by Gasteiger charge is -2.20. The topological polar surface area (TPSA) is 93.7 Å². The minimum Gasteiger partial charge on any atom is -0.468 e. The third-order valence-electron chi connectivity index (χ3n) is 2.11. The van der Waals surface area contributed by atoms with Gasteiger partial charge < -0.3 is 20.1 Å². The molecule has 2 amide bonds. The summed E-state index contributed by atoms with van der Waals surface area (Å²) in [5.74, 6) is -1.18. The highest BCUT2D eigenvalue weighted by molar-refractivity contribution is 5.85. The van der Waals surface area contributed by atoms with E-state index in [4.69, 9.17) is 4.74 Å². The number of nitrogens with one attached hydrogen (secondary N) is 2. The van der Waals surface area contributed by atoms with Gasteiger partial charge in [0.2, 0.25) is 0 Å². The second-order valence-electron chi connectivity index (χ2n) is 3.88. The van der Waals surface area contributed by atoms with Gasteiger partial charge in [0.05, 0.1) is 13.7 Å². The molecule has 0 bridgehead atoms. The highest BCUT2D eigenvalue weighted by atomic mass is 16.5. The van der Waals surface area contributed by atoms with Gasteiger partial charge in [0, 0.05) is 0 Å². The van der Waals surface area contributed by atoms with Crippen LogP contribution in [0, 0.1) is 5.92 Å². The van der Waals surface area contributed by atoms with E-state index >= 15 is 0 Å². The van der Waals surface area contributed by atoms with Crippen molar-refractivity contribution in [3.05, 3.63) is 0 Å². The maximum absolute atomic E-state index is 11.6. The number of carbonyl (C=O) groups excluding carboxylic acids is 3. The molecule has 0 aromatic rings. The number of rotatable bonds is 6. The molecule has 18 heavy (non-hydrogen) atoms. The number of amides is 2. The summed E-state index contributed by atoms with van der Waals surface area (Å²) in [6.45, 7) is 5.24. The van der Waals surface area contributed by atoms with E-state index in [1.165, 1.54) is 7.11 Å². The first kappa shape index (κ1) is 16.2. The van der Waals surface area contributed by atoms with Crippen LogP contribution in [0.25, 0.3) is 0 Å². The van der Waals surface area contributed by atoms with Crippen LogP contribution in [0.15, 0.2) is 0 Å². The Bertz CT molecular complexity index is 304. The molecule has 0 aromatic carbocycles. The lowest BCUT2D eigenvalue weighted by Crippen LogP contribution is -2.50. The molecule has 0 aliphatic carbocycles. The van der Waals surface area contributed by atoms with Crippen LogP contribution in [0.2, 0.25) is 0 Å². The Morgan fingerprint density at radius 2 is 1.83 bits per heavy atom. The quantitative estimate of drug-likeness (QED) is 0.658. The maximum atomic E-state index is 11.6. The number of urea groups is 1. The van der Waals surface area contributed by atoms with Gasteiger partial charge in [0.15, 0.2) is 0 Å². The predicted octanol–water partition coefficient (Wildman–Crippen LogP) is 0.0463. The first-order valence-electron chi connectivity index (χ1n) is 5.70. The zero-order valence-electron chi connectivity index (χ0n) is 11.1. The molecule has 0 aliphatic heterocycles. The molecule has 7 nitrogen and oxygen atoms in total. The third kappa shape index (κ3) is 6.07. The number of hydrogen-bond acceptors (Lipinski definition) is 5. The predicted molar refractivity (Wildman–Crippen MR) is 63.8 cm³/mol. The van der Waals surface area contributed by atoms with Crippen molar-refractivity contribution >= 4 is 18.0 Å². The number of carbonyl (C=O) groups is 3. The van der Waals surface area contributed by atoms with Crippen molar-refractivity contribution in [2.45, 2.75) is 26.8 Å². The minimum atomic E-state index is -0.748. The summed E-state index contributed by atoms with van der Waals surface area (Å²) in [4.78, 5) is 33.8. The Balaban J connectivity index is 4.28. The van der Waals surface area contributed by atoms with Crippen LogP contribution >= 0.6 is 0 Å². The summed E-state index contributed by atoms with van der Waals surface area (Å²) in [6, 6.07) is -1.37. The van der Waals surface area contributed by atoms with Crippen molar-refractivity contribution in [3.8, 4) is 0 Å². The summed E-state index contributed by atoms with van der Waals surface area (Å²) in [7, 11) is 1.22. The van der Waals surface area contributed by atoms with Crippen LogP contribution in [0.1, 0.15) is 20.8 Å². The highest BCUT2D eigenvalue weighted by Gasteiger charge is 2.25. The van der Waals surface area contributed by atoms with E-state index < -0.39 is 24.0 Å². The van der Waals surface area contributed by atoms with Gasteiger partial charge in [-0.15, -0.1) is 0 Å². The van der Waals surface area contributed by atoms with E-state index in [2.05, 4.69) is 15.4 Å². The minimum absolute atomic E-state index is 0.118. The largest absolute Gasteiger partial charge is 0.468 e. The van der Waals surface area contributed by atoms with Crippen molar-refractivity contribution < 1.29 is 23.9 Å². The molecule has 0 heterocycles. The van der Waals surface area contributed by atoms with Crippen LogP contribution in [-0.2, 0) is 19.1 Å². The fourth-order valence-corrected chi connectivity index (χ4v) is 1.15. The molecule has 0 aliphatic rings. The van der Waals surface area contributed by atoms with Crippen molar-refractivity contribution in [2.24, 2.45) is 5.92 Å². The molecule has 0 radical (unpaired) electrons. The maximum Gasteiger partial charge on any atom is 0.328 e. The van der Waals surface area contributed by atoms with E-state index in [1.54, 1.807) is 20.8 Å². The van der Waals surface area contributed by atoms with Gasteiger partial charge in [0.1, 0.15) is 12.6 Å². The lowest BCUT2D eigenvalue weighted by atomic mass is 10.1. The van der Waals surface area contributed by atoms with E-state index in [-0.39, 0.29) is 19.1 Å². The summed E-state index contributed by atoms with van der Waals surface area (Å²) in [6.07, 6.45) is 0. The van der Waals surface area contributed by atoms with Gasteiger partial charge in [-0.1, -0.05) is 13.8 Å². The molecule has 0 spiro atoms. The smallest absolute Gasteiger partial charge is 0.328 e. The lowest BCUT2D eigenvalue weighted by molar-refractivity contribution is -0.146. The van der Waals surface area contributed by atoms with Gasteiger partial charge >= 0.3 is 18.0 Å². The molecule has 7 heteroatoms. The summed E-state index contributed by atoms with van der Waals surface area (Å²) < 4.78 is 9.21. The SMILES string of the molecule is CCOC(=O)[C@@H](NC(=O)NCC(=O)OC)C(C)C. The van der Waals surface area contributed by atoms with Gasteiger partial charge in [-0.25, -0.2) is 9.59 Å². The Morgan fingerprint density at radius 3 is 2.28 bits per heavy atom. The zero-order valence-corrected chi connectivity index (χ0v) is 11.1. The Hall–Kier alpha value is -1.79. The standard InChI is InChI=1S/C11H20N2O5/c1-5-18-10(15)9(7(2)3)13-11(16)12-6-8(14)17-4/h7,9H,5-6H2,1-4H3,(H2,12,13,16)/t9-/m0/s1. The molecule has 104 valence electrons. The first-order valence-corrected chi connectivity index (χ1v) is 5.70. The normalized spacial score (nSPS) is 11.6. The Kier molecular flexibility index (Phi) is 7.50. The molecule has 2 N–H and O–H groups in total. The Labute approximate surface area is 106 Å². The number of methoxy groups -OCH3 is 1. The highest BCUT2D eigenvalue weighted by Crippen LogP contribution is 2.03. The van der Waals surface area contributed by atoms with Crippen molar-refractivity contribution in [3.63, 3.8) is 0 Å². The van der Waals surface area contributed by atoms with Gasteiger partial charge in [0.25, 0.3) is 0 Å². The van der Waals surface area contributed by atoms with Crippen LogP contribution in [-0.4, -0.2) is 44.3 Å². The zero-order chi connectivity index (χ0) is 14.1. The monoisotopic (exact) mass is 260 g/mol. The van der Waals surface area contributed by atoms with Crippen molar-refractivity contribution in [1.82, 2.24) is 10.6 Å². The van der Waals surface area contributed by atoms with Crippen molar-refractivity contribution in [2.75, 3.05) is 20.3 Å². The molecular formula is C11H20N2O5. The van der Waals surface area contributed by atoms with Crippen LogP contribution in [0.5, 0.6) is 0 Å². The summed E-state index contributed by atoms with van der Waals surface area (Å²) >= 11 is 0. The average molecular weight is 260 g/mol. The number of ether oxygens (including phenoxy) is 2. The summed E-state index contributed by atoms with van der Waals surface area (Å²) in [5.41, 5.74) is 0. The molecule has 1 atom stereocenters. The number of hydrogen-bond donors (Lipinski definition) is 2. The van der Waals surface area contributed by atoms with Gasteiger partial charge in [-0.05, 0) is 12.8 Å². The van der Waals surface area contributed by atoms with Gasteiger partial charge in [-0.3, -0.25) is 4.79 Å². The molecule has 0 aromatic heterocycles. The second kappa shape index (κ2) is 8.32. The van der Waals surface area contributed by atoms with Crippen LogP contribution in [0.4, 0.5) is 4.79 Å². The molecular weight excluding hydrogens is 240 g/mol. The molecule has 0 unspecified atom stereocenters. The van der Waals surface area contributed by atoms with E-state index in [0.717, 1.165) is 0 Å². The second-order valence-corrected chi connectivity index (χ2v) is 3.88. The van der Waals surface area contributed by atoms with Gasteiger partial charge in [-0.2, -0.15) is 0 Å². The summed E-state index contributed by atoms with van der Waals surface area (Å²) in [5, 5.41) is 4.73. The number of esters is 2. The first-order chi connectivity index (χ1) is 8.42. The Morgan fingerprint density at radius 1 is 1.22 bits per heavy atom. The molecule has 0 fully saturated rings. The fraction of sp³-hybridized carbons (Fsp3) is 0.727. The molecule has 0 saturated heterocycles. The van der Waals surface area contributed by atoms with E-state index in [1.807, 2.05) is 0 Å². The molecule has 0 rings (SSSR count). The third-order valence-corrected chi connectivity index (χ3v) is 2.11. The van der Waals surface area contributed by atoms with Crippen LogP contribution in [0.3, 0.4) is 0 Å². The average Bonchev–Trinajstić information content (AvgIpc) is 2.32.